The van der Waals surface area contributed by atoms with Crippen LogP contribution < -0.4 is 38.8 Å². The maximum Gasteiger partial charge on any atom is 0.232 e. The number of hydrogen-bond acceptors (Lipinski definition) is 18. The summed E-state index contributed by atoms with van der Waals surface area (Å²) in [6.45, 7) is 6.67. The van der Waals surface area contributed by atoms with E-state index < -0.39 is 144 Å². The van der Waals surface area contributed by atoms with Crippen LogP contribution >= 0.6 is 0 Å². The molecule has 0 saturated heterocycles. The Morgan fingerprint density at radius 2 is 0.877 bits per heavy atom. The number of benzene rings is 5. The number of rotatable bonds is 27. The van der Waals surface area contributed by atoms with E-state index in [0.717, 1.165) is 129 Å². The highest BCUT2D eigenvalue weighted by Gasteiger charge is 2.30. The van der Waals surface area contributed by atoms with Crippen LogP contribution in [-0.2, 0) is 40.1 Å². The van der Waals surface area contributed by atoms with Crippen molar-refractivity contribution in [3.8, 4) is 17.2 Å². The van der Waals surface area contributed by atoms with Crippen molar-refractivity contribution in [1.82, 2.24) is 29.9 Å². The minimum Gasteiger partial charge on any atom is -0.489 e. The van der Waals surface area contributed by atoms with Gasteiger partial charge in [0.25, 0.3) is 0 Å². The lowest BCUT2D eigenvalue weighted by Gasteiger charge is -2.16. The van der Waals surface area contributed by atoms with Crippen LogP contribution in [0.2, 0.25) is 0 Å². The van der Waals surface area contributed by atoms with Crippen LogP contribution in [0.25, 0.3) is 33.1 Å². The van der Waals surface area contributed by atoms with E-state index in [-0.39, 0.29) is 78.9 Å². The van der Waals surface area contributed by atoms with Gasteiger partial charge in [-0.3, -0.25) is 28.5 Å². The number of halogens is 10. The van der Waals surface area contributed by atoms with Crippen molar-refractivity contribution in [2.45, 2.75) is 170 Å². The SMILES string of the molecule is C.C.CCCS(=O)(=O)Nc1ccc(F)c(C(=O)c2c[nH]c3ncc(OC4CCCC4)cc23)c1F.CCCS(=O)(=O)Nc1ccc(F)c(C(O)c2c[nH]c3ncc(OC4CCCC4)cc23)c1F.CCCS(=O)(=O)Nc1ccc(F)c(C=O)c1F.CCCS(=O)(=O)Nc1ccc(F)cc1F.Nc1ccc(F)cc1F.c1cc2cc(OC3CCCC3)cnc2[nH]1. The van der Waals surface area contributed by atoms with Crippen molar-refractivity contribution in [3.05, 3.63) is 220 Å². The molecule has 0 bridgehead atoms. The maximum atomic E-state index is 15.1. The summed E-state index contributed by atoms with van der Waals surface area (Å²) in [5, 5.41) is 12.8. The maximum absolute atomic E-state index is 15.1. The van der Waals surface area contributed by atoms with E-state index >= 15 is 8.78 Å². The number of ether oxygens (including phenoxy) is 3. The third kappa shape index (κ3) is 27.2. The topological polar surface area (TPSA) is 379 Å². The lowest BCUT2D eigenvalue weighted by molar-refractivity contribution is 0.103. The molecule has 5 aromatic carbocycles. The molecular formula is C83H97F10N11O14S4. The standard InChI is InChI=1S/C22H25F2N3O4S.C22H23F2N3O4S.C12H14N2O.C10H11F2NO3S.C9H11F2NO2S.C6H5F2N.2CH4/c2*1-2-9-32(29,30)27-18-8-7-17(23)19(20(18)24)21(28)16-12-26-22-15(16)10-14(11-25-22)31-13-5-3-4-6-13;1-2-4-10(3-1)15-11-7-9-5-6-13-12(9)14-8-11;1-2-5-17(15,16)13-9-4-3-8(11)7(6-14)10(9)12;1-2-5-15(13,14)12-9-4-3-7(10)6-8(9)11;7-4-1-2-6(9)5(8)3-4;;/h7-8,10-13,21,27-28H,2-6,9H2,1H3,(H,25,26);7-8,10-13,27H,2-6,9H2,1H3,(H,25,26);5-8,10H,1-4H2,(H,13,14);3-4,6,13H,2,5H2,1H3;3-4,6,12H,2,5H2,1H3;1-3H,9H2;2*1H4. The number of carbonyl (C=O) groups is 2. The summed E-state index contributed by atoms with van der Waals surface area (Å²) >= 11 is 0. The van der Waals surface area contributed by atoms with E-state index in [1.54, 1.807) is 52.2 Å². The zero-order valence-corrected chi connectivity index (χ0v) is 68.6. The van der Waals surface area contributed by atoms with E-state index in [2.05, 4.69) is 45.4 Å². The zero-order valence-electron chi connectivity index (χ0n) is 65.3. The minimum absolute atomic E-state index is 0. The summed E-state index contributed by atoms with van der Waals surface area (Å²) in [5.74, 6) is -9.51. The quantitative estimate of drug-likeness (QED) is 0.00999. The minimum atomic E-state index is -3.82. The Morgan fingerprint density at radius 3 is 1.34 bits per heavy atom. The number of nitrogen functional groups attached to an aromatic ring is 1. The Kier molecular flexibility index (Phi) is 35.9. The first kappa shape index (κ1) is 98.1. The van der Waals surface area contributed by atoms with Gasteiger partial charge in [-0.15, -0.1) is 0 Å². The number of fused-ring (bicyclic) bond motifs is 3. The van der Waals surface area contributed by atoms with Crippen LogP contribution in [0, 0.1) is 58.2 Å². The Morgan fingerprint density at radius 1 is 0.475 bits per heavy atom. The van der Waals surface area contributed by atoms with Gasteiger partial charge in [0.1, 0.15) is 81.0 Å². The van der Waals surface area contributed by atoms with Gasteiger partial charge in [0.15, 0.2) is 23.7 Å². The summed E-state index contributed by atoms with van der Waals surface area (Å²) < 4.78 is 255. The Labute approximate surface area is 701 Å². The van der Waals surface area contributed by atoms with Gasteiger partial charge in [-0.1, -0.05) is 42.5 Å². The van der Waals surface area contributed by atoms with Crippen molar-refractivity contribution < 1.29 is 106 Å². The summed E-state index contributed by atoms with van der Waals surface area (Å²) in [5.41, 5.74) is 3.11. The van der Waals surface area contributed by atoms with Gasteiger partial charge in [0.2, 0.25) is 45.9 Å². The highest BCUT2D eigenvalue weighted by molar-refractivity contribution is 7.93. The molecule has 14 rings (SSSR count). The van der Waals surface area contributed by atoms with Crippen molar-refractivity contribution in [3.63, 3.8) is 0 Å². The average molecular weight is 1790 g/mol. The molecule has 11 aromatic rings. The monoisotopic (exact) mass is 1790 g/mol. The van der Waals surface area contributed by atoms with Crippen molar-refractivity contribution in [1.29, 1.82) is 0 Å². The molecule has 662 valence electrons. The van der Waals surface area contributed by atoms with Gasteiger partial charge >= 0.3 is 0 Å². The van der Waals surface area contributed by atoms with Crippen molar-refractivity contribution in [2.75, 3.05) is 47.6 Å². The molecule has 0 spiro atoms. The Bertz CT molecular complexity index is 5880. The first-order valence-corrected chi connectivity index (χ1v) is 44.8. The normalized spacial score (nSPS) is 13.8. The summed E-state index contributed by atoms with van der Waals surface area (Å²) in [6, 6.07) is 18.6. The number of aromatic amines is 3. The molecule has 3 aliphatic carbocycles. The lowest BCUT2D eigenvalue weighted by atomic mass is 10.00. The number of nitrogens with two attached hydrogens (primary N) is 1. The van der Waals surface area contributed by atoms with Crippen LogP contribution in [0.1, 0.15) is 189 Å². The molecule has 3 saturated carbocycles. The average Bonchev–Trinajstić information content (AvgIpc) is 1.42. The number of H-pyrrole nitrogens is 3. The molecule has 1 unspecified atom stereocenters. The number of carbonyl (C=O) groups excluding carboxylic acids is 2. The fourth-order valence-electron chi connectivity index (χ4n) is 12.9. The third-order valence-electron chi connectivity index (χ3n) is 18.6. The summed E-state index contributed by atoms with van der Waals surface area (Å²) in [7, 11) is -14.8. The van der Waals surface area contributed by atoms with Gasteiger partial charge in [-0.25, -0.2) is 92.5 Å². The second kappa shape index (κ2) is 44.7. The number of anilines is 5. The lowest BCUT2D eigenvalue weighted by Crippen LogP contribution is -2.18. The second-order valence-electron chi connectivity index (χ2n) is 28.0. The van der Waals surface area contributed by atoms with Crippen LogP contribution in [-0.4, -0.2) is 122 Å². The molecule has 1 atom stereocenters. The molecule has 6 aromatic heterocycles. The molecule has 3 aliphatic rings. The van der Waals surface area contributed by atoms with Crippen LogP contribution in [0.3, 0.4) is 0 Å². The van der Waals surface area contributed by atoms with Crippen LogP contribution in [0.4, 0.5) is 72.3 Å². The molecule has 6 heterocycles. The number of nitrogens with zero attached hydrogens (tertiary/aromatic N) is 3. The molecular weight excluding hydrogens is 1690 g/mol. The first-order chi connectivity index (χ1) is 57.0. The van der Waals surface area contributed by atoms with E-state index in [4.69, 9.17) is 19.9 Å². The molecule has 0 aliphatic heterocycles. The van der Waals surface area contributed by atoms with Gasteiger partial charge in [-0.05, 0) is 188 Å². The smallest absolute Gasteiger partial charge is 0.232 e. The molecule has 3 fully saturated rings. The van der Waals surface area contributed by atoms with Gasteiger partial charge < -0.3 is 40.0 Å². The summed E-state index contributed by atoms with van der Waals surface area (Å²) in [4.78, 5) is 45.2. The molecule has 122 heavy (non-hydrogen) atoms. The first-order valence-electron chi connectivity index (χ1n) is 38.2. The number of pyridine rings is 3. The van der Waals surface area contributed by atoms with Gasteiger partial charge in [0, 0.05) is 58.0 Å². The number of ketones is 1. The van der Waals surface area contributed by atoms with E-state index in [1.807, 2.05) is 21.7 Å². The van der Waals surface area contributed by atoms with Crippen molar-refractivity contribution in [2.24, 2.45) is 0 Å². The largest absolute Gasteiger partial charge is 0.489 e. The van der Waals surface area contributed by atoms with E-state index in [9.17, 15) is 83.5 Å². The fourth-order valence-corrected chi connectivity index (χ4v) is 17.5. The predicted molar refractivity (Wildman–Crippen MR) is 450 cm³/mol. The Hall–Kier alpha value is -11.0. The number of aliphatic hydroxyl groups excluding tert-OH is 1. The number of aliphatic hydroxyl groups is 1. The number of sulfonamides is 4. The van der Waals surface area contributed by atoms with Gasteiger partial charge in [0.05, 0.1) is 105 Å². The number of aromatic nitrogens is 6. The molecule has 39 heteroatoms. The highest BCUT2D eigenvalue weighted by atomic mass is 32.2. The summed E-state index contributed by atoms with van der Waals surface area (Å²) in [6.07, 6.45) is 23.0. The number of aldehydes is 1. The van der Waals surface area contributed by atoms with E-state index in [1.165, 1.54) is 50.3 Å². The molecule has 0 radical (unpaired) electrons. The van der Waals surface area contributed by atoms with Gasteiger partial charge in [-0.2, -0.15) is 0 Å². The van der Waals surface area contributed by atoms with Crippen molar-refractivity contribution >= 4 is 114 Å². The van der Waals surface area contributed by atoms with E-state index in [0.29, 0.717) is 71.4 Å². The van der Waals surface area contributed by atoms with Crippen LogP contribution in [0.15, 0.2) is 134 Å². The highest BCUT2D eigenvalue weighted by Crippen LogP contribution is 2.38. The zero-order chi connectivity index (χ0) is 87.2. The van der Waals surface area contributed by atoms with Crippen LogP contribution in [0.5, 0.6) is 17.2 Å². The molecule has 10 N–H and O–H groups in total. The molecule has 0 amide bonds. The fraction of sp³-hybridized carbons (Fsp3) is 0.361. The number of hydrogen-bond donors (Lipinski definition) is 9. The molecule has 25 nitrogen and oxygen atoms in total. The third-order valence-corrected chi connectivity index (χ3v) is 24.5. The number of nitrogens with one attached hydrogen (secondary N) is 7. The predicted octanol–water partition coefficient (Wildman–Crippen LogP) is 18.7. The Balaban J connectivity index is 0.000000211. The second-order valence-corrected chi connectivity index (χ2v) is 35.4.